The number of halogens is 3. The number of hydrogen-bond acceptors (Lipinski definition) is 3. The Labute approximate surface area is 137 Å². The molecule has 3 nitrogen and oxygen atoms in total. The van der Waals surface area contributed by atoms with Crippen molar-refractivity contribution in [3.63, 3.8) is 0 Å². The van der Waals surface area contributed by atoms with E-state index in [2.05, 4.69) is 5.32 Å². The molecule has 1 fully saturated rings. The van der Waals surface area contributed by atoms with E-state index in [9.17, 15) is 18.0 Å². The van der Waals surface area contributed by atoms with Gasteiger partial charge in [0.2, 0.25) is 0 Å². The summed E-state index contributed by atoms with van der Waals surface area (Å²) in [5.74, 6) is 0.0365. The Morgan fingerprint density at radius 2 is 2.13 bits per heavy atom. The van der Waals surface area contributed by atoms with E-state index >= 15 is 0 Å². The molecule has 1 saturated heterocycles. The number of thiophene rings is 1. The van der Waals surface area contributed by atoms with Crippen molar-refractivity contribution in [2.45, 2.75) is 38.3 Å². The number of hydrogen-bond donors (Lipinski definition) is 1. The standard InChI is InChI=1S/C16H21F3N2OS/c17-16(18,19)10-21-6-5-11(8-21)7-20-15(22)13-9-23-14-4-2-1-3-12(13)14/h9,11H,1-8,10H2,(H,20,22)/t11-/m0/s1. The highest BCUT2D eigenvalue weighted by molar-refractivity contribution is 7.10. The first-order chi connectivity index (χ1) is 10.9. The van der Waals surface area contributed by atoms with Gasteiger partial charge < -0.3 is 5.32 Å². The van der Waals surface area contributed by atoms with E-state index in [4.69, 9.17) is 0 Å². The molecule has 1 aliphatic heterocycles. The molecule has 0 unspecified atom stereocenters. The maximum Gasteiger partial charge on any atom is 0.401 e. The van der Waals surface area contributed by atoms with E-state index < -0.39 is 12.7 Å². The molecule has 23 heavy (non-hydrogen) atoms. The number of alkyl halides is 3. The van der Waals surface area contributed by atoms with Crippen molar-refractivity contribution in [3.8, 4) is 0 Å². The van der Waals surface area contributed by atoms with Crippen LogP contribution in [-0.4, -0.2) is 43.2 Å². The molecule has 7 heteroatoms. The second kappa shape index (κ2) is 6.81. The van der Waals surface area contributed by atoms with E-state index in [1.165, 1.54) is 21.8 Å². The Kier molecular flexibility index (Phi) is 4.96. The van der Waals surface area contributed by atoms with Crippen molar-refractivity contribution in [1.29, 1.82) is 0 Å². The van der Waals surface area contributed by atoms with E-state index in [0.29, 0.717) is 26.1 Å². The molecule has 2 aliphatic rings. The number of aryl methyl sites for hydroxylation is 1. The van der Waals surface area contributed by atoms with Crippen LogP contribution in [0.25, 0.3) is 0 Å². The molecule has 1 atom stereocenters. The summed E-state index contributed by atoms with van der Waals surface area (Å²) in [6, 6.07) is 0. The van der Waals surface area contributed by atoms with Gasteiger partial charge in [0, 0.05) is 23.3 Å². The highest BCUT2D eigenvalue weighted by atomic mass is 32.1. The normalized spacial score (nSPS) is 22.1. The van der Waals surface area contributed by atoms with E-state index in [0.717, 1.165) is 24.8 Å². The first kappa shape index (κ1) is 16.8. The lowest BCUT2D eigenvalue weighted by Crippen LogP contribution is -2.34. The summed E-state index contributed by atoms with van der Waals surface area (Å²) in [6.45, 7) is 0.461. The second-order valence-electron chi connectivity index (χ2n) is 6.47. The van der Waals surface area contributed by atoms with Crippen molar-refractivity contribution >= 4 is 17.2 Å². The summed E-state index contributed by atoms with van der Waals surface area (Å²) in [7, 11) is 0. The fraction of sp³-hybridized carbons (Fsp3) is 0.688. The van der Waals surface area contributed by atoms with Gasteiger partial charge in [-0.25, -0.2) is 0 Å². The van der Waals surface area contributed by atoms with Gasteiger partial charge in [0.15, 0.2) is 0 Å². The maximum atomic E-state index is 12.4. The van der Waals surface area contributed by atoms with Gasteiger partial charge in [0.25, 0.3) is 5.91 Å². The van der Waals surface area contributed by atoms with E-state index in [1.807, 2.05) is 5.38 Å². The highest BCUT2D eigenvalue weighted by Crippen LogP contribution is 2.30. The second-order valence-corrected chi connectivity index (χ2v) is 7.44. The van der Waals surface area contributed by atoms with Crippen LogP contribution >= 0.6 is 11.3 Å². The van der Waals surface area contributed by atoms with Gasteiger partial charge in [-0.15, -0.1) is 11.3 Å². The predicted octanol–water partition coefficient (Wildman–Crippen LogP) is 3.24. The van der Waals surface area contributed by atoms with Crippen LogP contribution in [0.3, 0.4) is 0 Å². The Bertz CT molecular complexity index is 570. The maximum absolute atomic E-state index is 12.4. The van der Waals surface area contributed by atoms with Crippen LogP contribution < -0.4 is 5.32 Å². The molecule has 0 saturated carbocycles. The topological polar surface area (TPSA) is 32.3 Å². The zero-order chi connectivity index (χ0) is 16.4. The van der Waals surface area contributed by atoms with Gasteiger partial charge in [-0.1, -0.05) is 0 Å². The Morgan fingerprint density at radius 3 is 2.91 bits per heavy atom. The number of nitrogens with zero attached hydrogens (tertiary/aromatic N) is 1. The van der Waals surface area contributed by atoms with Crippen molar-refractivity contribution < 1.29 is 18.0 Å². The molecule has 1 aromatic rings. The molecule has 0 bridgehead atoms. The van der Waals surface area contributed by atoms with Crippen molar-refractivity contribution in [1.82, 2.24) is 10.2 Å². The van der Waals surface area contributed by atoms with Crippen LogP contribution in [0.5, 0.6) is 0 Å². The molecule has 1 aliphatic carbocycles. The van der Waals surface area contributed by atoms with Gasteiger partial charge in [0.05, 0.1) is 12.1 Å². The summed E-state index contributed by atoms with van der Waals surface area (Å²) in [6.07, 6.45) is 0.892. The number of carbonyl (C=O) groups excluding carboxylic acids is 1. The molecule has 0 radical (unpaired) electrons. The third-order valence-electron chi connectivity index (χ3n) is 4.63. The number of likely N-dealkylation sites (tertiary alicyclic amines) is 1. The van der Waals surface area contributed by atoms with Gasteiger partial charge in [-0.05, 0) is 50.1 Å². The van der Waals surface area contributed by atoms with Crippen LogP contribution in [0.1, 0.15) is 40.1 Å². The third-order valence-corrected chi connectivity index (χ3v) is 5.72. The zero-order valence-corrected chi connectivity index (χ0v) is 13.7. The van der Waals surface area contributed by atoms with Crippen LogP contribution in [0.4, 0.5) is 13.2 Å². The Hall–Kier alpha value is -1.08. The van der Waals surface area contributed by atoms with Crippen LogP contribution in [0.2, 0.25) is 0 Å². The molecule has 2 heterocycles. The van der Waals surface area contributed by atoms with Crippen molar-refractivity contribution in [2.24, 2.45) is 5.92 Å². The lowest BCUT2D eigenvalue weighted by molar-refractivity contribution is -0.143. The quantitative estimate of drug-likeness (QED) is 0.908. The molecule has 1 amide bonds. The number of amides is 1. The smallest absolute Gasteiger partial charge is 0.352 e. The largest absolute Gasteiger partial charge is 0.401 e. The average Bonchev–Trinajstić information content (AvgIpc) is 3.09. The summed E-state index contributed by atoms with van der Waals surface area (Å²) in [4.78, 5) is 15.1. The van der Waals surface area contributed by atoms with Crippen LogP contribution in [0, 0.1) is 5.92 Å². The SMILES string of the molecule is O=C(NC[C@@H]1CCN(CC(F)(F)F)C1)c1csc2c1CCCC2. The molecule has 0 aromatic carbocycles. The molecular weight excluding hydrogens is 325 g/mol. The first-order valence-corrected chi connectivity index (χ1v) is 8.97. The number of carbonyl (C=O) groups is 1. The van der Waals surface area contributed by atoms with Gasteiger partial charge in [-0.3, -0.25) is 9.69 Å². The number of nitrogens with one attached hydrogen (secondary N) is 1. The van der Waals surface area contributed by atoms with Gasteiger partial charge in [-0.2, -0.15) is 13.2 Å². The summed E-state index contributed by atoms with van der Waals surface area (Å²) in [5.41, 5.74) is 1.96. The summed E-state index contributed by atoms with van der Waals surface area (Å²) in [5, 5.41) is 4.85. The third kappa shape index (κ3) is 4.26. The minimum absolute atomic E-state index is 0.0707. The molecule has 3 rings (SSSR count). The van der Waals surface area contributed by atoms with E-state index in [-0.39, 0.29) is 11.8 Å². The lowest BCUT2D eigenvalue weighted by Gasteiger charge is -2.18. The van der Waals surface area contributed by atoms with Crippen molar-refractivity contribution in [3.05, 3.63) is 21.4 Å². The Morgan fingerprint density at radius 1 is 1.35 bits per heavy atom. The fourth-order valence-electron chi connectivity index (χ4n) is 3.49. The molecular formula is C16H21F3N2OS. The monoisotopic (exact) mass is 346 g/mol. The first-order valence-electron chi connectivity index (χ1n) is 8.09. The Balaban J connectivity index is 1.49. The van der Waals surface area contributed by atoms with Crippen LogP contribution in [-0.2, 0) is 12.8 Å². The zero-order valence-electron chi connectivity index (χ0n) is 12.9. The van der Waals surface area contributed by atoms with Crippen LogP contribution in [0.15, 0.2) is 5.38 Å². The number of fused-ring (bicyclic) bond motifs is 1. The lowest BCUT2D eigenvalue weighted by atomic mass is 9.95. The molecule has 0 spiro atoms. The fourth-order valence-corrected chi connectivity index (χ4v) is 4.62. The molecule has 1 aromatic heterocycles. The minimum Gasteiger partial charge on any atom is -0.352 e. The summed E-state index contributed by atoms with van der Waals surface area (Å²) < 4.78 is 37.2. The summed E-state index contributed by atoms with van der Waals surface area (Å²) >= 11 is 1.65. The van der Waals surface area contributed by atoms with Gasteiger partial charge >= 0.3 is 6.18 Å². The van der Waals surface area contributed by atoms with Gasteiger partial charge in [0.1, 0.15) is 0 Å². The molecule has 128 valence electrons. The predicted molar refractivity (Wildman–Crippen MR) is 83.9 cm³/mol. The van der Waals surface area contributed by atoms with E-state index in [1.54, 1.807) is 11.3 Å². The average molecular weight is 346 g/mol. The molecule has 1 N–H and O–H groups in total. The van der Waals surface area contributed by atoms with Crippen molar-refractivity contribution in [2.75, 3.05) is 26.2 Å². The minimum atomic E-state index is -4.14. The number of rotatable bonds is 4. The highest BCUT2D eigenvalue weighted by Gasteiger charge is 2.34.